The first-order chi connectivity index (χ1) is 11.3. The van der Waals surface area contributed by atoms with Crippen LogP contribution in [0.2, 0.25) is 10.0 Å². The van der Waals surface area contributed by atoms with Gasteiger partial charge >= 0.3 is 0 Å². The number of sulfonamides is 1. The molecule has 0 saturated heterocycles. The first-order valence-electron chi connectivity index (χ1n) is 7.03. The summed E-state index contributed by atoms with van der Waals surface area (Å²) in [6.07, 6.45) is 0. The molecule has 0 saturated carbocycles. The smallest absolute Gasteiger partial charge is 0.243 e. The van der Waals surface area contributed by atoms with Crippen LogP contribution in [0.4, 0.5) is 0 Å². The van der Waals surface area contributed by atoms with Crippen molar-refractivity contribution in [1.82, 2.24) is 9.62 Å². The van der Waals surface area contributed by atoms with Gasteiger partial charge in [0.05, 0.1) is 11.4 Å². The van der Waals surface area contributed by atoms with E-state index in [9.17, 15) is 13.2 Å². The predicted molar refractivity (Wildman–Crippen MR) is 94.6 cm³/mol. The maximum absolute atomic E-state index is 12.9. The van der Waals surface area contributed by atoms with Crippen molar-refractivity contribution in [2.75, 3.05) is 13.6 Å². The predicted octanol–water partition coefficient (Wildman–Crippen LogP) is 2.93. The second-order valence-corrected chi connectivity index (χ2v) is 7.84. The van der Waals surface area contributed by atoms with Crippen LogP contribution in [-0.2, 0) is 21.4 Å². The highest BCUT2D eigenvalue weighted by atomic mass is 35.5. The molecule has 2 aromatic rings. The molecule has 1 N–H and O–H groups in total. The van der Waals surface area contributed by atoms with E-state index >= 15 is 0 Å². The van der Waals surface area contributed by atoms with Crippen molar-refractivity contribution in [3.05, 3.63) is 64.1 Å². The van der Waals surface area contributed by atoms with Crippen LogP contribution in [0.15, 0.2) is 53.4 Å². The zero-order chi connectivity index (χ0) is 17.7. The van der Waals surface area contributed by atoms with Crippen molar-refractivity contribution < 1.29 is 13.2 Å². The molecule has 0 fully saturated rings. The summed E-state index contributed by atoms with van der Waals surface area (Å²) in [4.78, 5) is 11.8. The molecule has 8 heteroatoms. The highest BCUT2D eigenvalue weighted by Gasteiger charge is 2.26. The maximum Gasteiger partial charge on any atom is 0.243 e. The first-order valence-corrected chi connectivity index (χ1v) is 9.23. The number of hydrogen-bond acceptors (Lipinski definition) is 3. The monoisotopic (exact) mass is 386 g/mol. The minimum Gasteiger partial charge on any atom is -0.358 e. The van der Waals surface area contributed by atoms with Gasteiger partial charge in [-0.2, -0.15) is 4.31 Å². The van der Waals surface area contributed by atoms with Crippen LogP contribution in [0.1, 0.15) is 5.56 Å². The van der Waals surface area contributed by atoms with Gasteiger partial charge in [0, 0.05) is 23.6 Å². The number of hydrogen-bond donors (Lipinski definition) is 1. The van der Waals surface area contributed by atoms with Gasteiger partial charge in [0.1, 0.15) is 0 Å². The van der Waals surface area contributed by atoms with Crippen molar-refractivity contribution in [3.63, 3.8) is 0 Å². The Hall–Kier alpha value is -1.60. The van der Waals surface area contributed by atoms with E-state index in [0.29, 0.717) is 15.6 Å². The molecule has 128 valence electrons. The van der Waals surface area contributed by atoms with Gasteiger partial charge in [-0.3, -0.25) is 4.79 Å². The summed E-state index contributed by atoms with van der Waals surface area (Å²) in [7, 11) is -2.41. The summed E-state index contributed by atoms with van der Waals surface area (Å²) in [5.41, 5.74) is 0.684. The summed E-state index contributed by atoms with van der Waals surface area (Å²) >= 11 is 11.8. The van der Waals surface area contributed by atoms with Gasteiger partial charge in [0.2, 0.25) is 15.9 Å². The molecule has 2 aromatic carbocycles. The van der Waals surface area contributed by atoms with Gasteiger partial charge in [-0.15, -0.1) is 0 Å². The van der Waals surface area contributed by atoms with E-state index in [1.807, 2.05) is 0 Å². The molecular weight excluding hydrogens is 371 g/mol. The Kier molecular flexibility index (Phi) is 6.23. The highest BCUT2D eigenvalue weighted by molar-refractivity contribution is 7.89. The van der Waals surface area contributed by atoms with Crippen LogP contribution in [0, 0.1) is 0 Å². The fraction of sp³-hybridized carbons (Fsp3) is 0.188. The standard InChI is InChI=1S/C16H16Cl2N2O3S/c1-19-16(21)11-20(10-12-3-2-4-14(18)9-12)24(22,23)15-7-5-13(17)6-8-15/h2-9H,10-11H2,1H3,(H,19,21). The largest absolute Gasteiger partial charge is 0.358 e. The van der Waals surface area contributed by atoms with Crippen LogP contribution >= 0.6 is 23.2 Å². The number of amides is 1. The molecule has 24 heavy (non-hydrogen) atoms. The summed E-state index contributed by atoms with van der Waals surface area (Å²) < 4.78 is 26.8. The SMILES string of the molecule is CNC(=O)CN(Cc1cccc(Cl)c1)S(=O)(=O)c1ccc(Cl)cc1. The Labute approximate surface area is 151 Å². The summed E-state index contributed by atoms with van der Waals surface area (Å²) in [5, 5.41) is 3.36. The van der Waals surface area contributed by atoms with Crippen molar-refractivity contribution >= 4 is 39.1 Å². The fourth-order valence-electron chi connectivity index (χ4n) is 2.06. The molecule has 0 atom stereocenters. The maximum atomic E-state index is 12.9. The normalized spacial score (nSPS) is 11.5. The number of carbonyl (C=O) groups is 1. The van der Waals surface area contributed by atoms with E-state index in [-0.39, 0.29) is 18.0 Å². The van der Waals surface area contributed by atoms with Crippen molar-refractivity contribution in [2.45, 2.75) is 11.4 Å². The van der Waals surface area contributed by atoms with Gasteiger partial charge in [-0.25, -0.2) is 8.42 Å². The lowest BCUT2D eigenvalue weighted by molar-refractivity contribution is -0.120. The lowest BCUT2D eigenvalue weighted by Gasteiger charge is -2.21. The zero-order valence-electron chi connectivity index (χ0n) is 12.9. The van der Waals surface area contributed by atoms with E-state index < -0.39 is 15.9 Å². The van der Waals surface area contributed by atoms with Gasteiger partial charge in [0.25, 0.3) is 0 Å². The highest BCUT2D eigenvalue weighted by Crippen LogP contribution is 2.21. The number of nitrogens with one attached hydrogen (secondary N) is 1. The molecule has 0 aliphatic heterocycles. The quantitative estimate of drug-likeness (QED) is 0.829. The van der Waals surface area contributed by atoms with Crippen molar-refractivity contribution in [1.29, 1.82) is 0 Å². The minimum atomic E-state index is -3.86. The molecule has 0 spiro atoms. The minimum absolute atomic E-state index is 0.0267. The number of carbonyl (C=O) groups excluding carboxylic acids is 1. The molecule has 2 rings (SSSR count). The lowest BCUT2D eigenvalue weighted by Crippen LogP contribution is -2.39. The molecule has 0 bridgehead atoms. The lowest BCUT2D eigenvalue weighted by atomic mass is 10.2. The third-order valence-corrected chi connectivity index (χ3v) is 5.59. The third kappa shape index (κ3) is 4.70. The number of benzene rings is 2. The van der Waals surface area contributed by atoms with Gasteiger partial charge in [0.15, 0.2) is 0 Å². The molecule has 0 radical (unpaired) electrons. The summed E-state index contributed by atoms with van der Waals surface area (Å²) in [6, 6.07) is 12.6. The van der Waals surface area contributed by atoms with E-state index in [1.54, 1.807) is 24.3 Å². The Balaban J connectivity index is 2.37. The van der Waals surface area contributed by atoms with Gasteiger partial charge in [-0.05, 0) is 42.0 Å². The summed E-state index contributed by atoms with van der Waals surface area (Å²) in [5.74, 6) is -0.408. The Bertz CT molecular complexity index is 823. The number of halogens is 2. The molecule has 0 aliphatic rings. The number of nitrogens with zero attached hydrogens (tertiary/aromatic N) is 1. The number of likely N-dealkylation sites (N-methyl/N-ethyl adjacent to an activating group) is 1. The molecule has 5 nitrogen and oxygen atoms in total. The zero-order valence-corrected chi connectivity index (χ0v) is 15.2. The van der Waals surface area contributed by atoms with Gasteiger partial charge < -0.3 is 5.32 Å². The van der Waals surface area contributed by atoms with Crippen molar-refractivity contribution in [2.24, 2.45) is 0 Å². The van der Waals surface area contributed by atoms with E-state index in [0.717, 1.165) is 4.31 Å². The van der Waals surface area contributed by atoms with E-state index in [1.165, 1.54) is 31.3 Å². The molecular formula is C16H16Cl2N2O3S. The molecule has 0 aliphatic carbocycles. The molecule has 0 aromatic heterocycles. The third-order valence-electron chi connectivity index (χ3n) is 3.30. The average Bonchev–Trinajstić information content (AvgIpc) is 2.54. The summed E-state index contributed by atoms with van der Waals surface area (Å²) in [6.45, 7) is -0.271. The molecule has 0 heterocycles. The van der Waals surface area contributed by atoms with Crippen LogP contribution in [0.3, 0.4) is 0 Å². The number of rotatable bonds is 6. The Morgan fingerprint density at radius 1 is 1.08 bits per heavy atom. The van der Waals surface area contributed by atoms with Crippen LogP contribution in [0.25, 0.3) is 0 Å². The van der Waals surface area contributed by atoms with E-state index in [2.05, 4.69) is 5.32 Å². The van der Waals surface area contributed by atoms with Crippen LogP contribution in [0.5, 0.6) is 0 Å². The van der Waals surface area contributed by atoms with Crippen LogP contribution in [-0.4, -0.2) is 32.2 Å². The second kappa shape index (κ2) is 7.98. The molecule has 0 unspecified atom stereocenters. The fourth-order valence-corrected chi connectivity index (χ4v) is 3.78. The van der Waals surface area contributed by atoms with Crippen molar-refractivity contribution in [3.8, 4) is 0 Å². The average molecular weight is 387 g/mol. The Morgan fingerprint density at radius 2 is 1.75 bits per heavy atom. The second-order valence-electron chi connectivity index (χ2n) is 5.03. The molecule has 1 amide bonds. The van der Waals surface area contributed by atoms with E-state index in [4.69, 9.17) is 23.2 Å². The Morgan fingerprint density at radius 3 is 2.33 bits per heavy atom. The van der Waals surface area contributed by atoms with Gasteiger partial charge in [-0.1, -0.05) is 35.3 Å². The van der Waals surface area contributed by atoms with Crippen LogP contribution < -0.4 is 5.32 Å². The topological polar surface area (TPSA) is 66.5 Å². The first kappa shape index (κ1) is 18.7.